The number of carbonyl (C=O) groups is 1. The van der Waals surface area contributed by atoms with Crippen LogP contribution in [0.4, 0.5) is 0 Å². The first-order valence-corrected chi connectivity index (χ1v) is 8.13. The summed E-state index contributed by atoms with van der Waals surface area (Å²) in [5, 5.41) is 13.8. The van der Waals surface area contributed by atoms with E-state index in [0.29, 0.717) is 12.2 Å². The van der Waals surface area contributed by atoms with Crippen molar-refractivity contribution in [1.29, 1.82) is 0 Å². The highest BCUT2D eigenvalue weighted by molar-refractivity contribution is 5.98. The predicted octanol–water partition coefficient (Wildman–Crippen LogP) is 1.11. The maximum Gasteiger partial charge on any atom is 0.251 e. The zero-order chi connectivity index (χ0) is 16.8. The molecule has 1 amide bonds. The first kappa shape index (κ1) is 15.5. The number of carbonyl (C=O) groups excluding carboxylic acids is 1. The molecule has 0 aliphatic carbocycles. The maximum absolute atomic E-state index is 12.6. The number of benzene rings is 1. The van der Waals surface area contributed by atoms with Crippen molar-refractivity contribution in [2.24, 2.45) is 0 Å². The third-order valence-corrected chi connectivity index (χ3v) is 4.75. The molecule has 2 aliphatic rings. The SMILES string of the molecule is Cc1cc(C)c2ccc(C(=O)N[C@H]3CO[C@H]4[C@@H]3OC[C@H]4O)cc2n1. The average molecular weight is 328 g/mol. The molecule has 126 valence electrons. The highest BCUT2D eigenvalue weighted by Crippen LogP contribution is 2.27. The number of fused-ring (bicyclic) bond motifs is 2. The molecule has 1 aromatic carbocycles. The second-order valence-corrected chi connectivity index (χ2v) is 6.56. The van der Waals surface area contributed by atoms with E-state index in [1.165, 1.54) is 0 Å². The van der Waals surface area contributed by atoms with Crippen LogP contribution in [-0.2, 0) is 9.47 Å². The van der Waals surface area contributed by atoms with Crippen LogP contribution in [0.5, 0.6) is 0 Å². The van der Waals surface area contributed by atoms with E-state index >= 15 is 0 Å². The summed E-state index contributed by atoms with van der Waals surface area (Å²) in [7, 11) is 0. The van der Waals surface area contributed by atoms with E-state index in [-0.39, 0.29) is 30.8 Å². The van der Waals surface area contributed by atoms with Crippen LogP contribution in [-0.4, -0.2) is 53.6 Å². The standard InChI is InChI=1S/C18H20N2O4/c1-9-5-10(2)19-13-6-11(3-4-12(9)13)18(22)20-14-7-23-17-15(21)8-24-16(14)17/h3-6,14-17,21H,7-8H2,1-2H3,(H,20,22)/t14-,15+,16+,17+/m0/s1. The Morgan fingerprint density at radius 2 is 2.00 bits per heavy atom. The minimum absolute atomic E-state index is 0.183. The molecular formula is C18H20N2O4. The Kier molecular flexibility index (Phi) is 3.75. The number of aliphatic hydroxyl groups excluding tert-OH is 1. The van der Waals surface area contributed by atoms with Gasteiger partial charge in [-0.2, -0.15) is 0 Å². The largest absolute Gasteiger partial charge is 0.388 e. The van der Waals surface area contributed by atoms with Gasteiger partial charge in [0.15, 0.2) is 0 Å². The molecule has 4 atom stereocenters. The number of hydrogen-bond acceptors (Lipinski definition) is 5. The van der Waals surface area contributed by atoms with E-state index in [9.17, 15) is 9.90 Å². The number of amides is 1. The van der Waals surface area contributed by atoms with Gasteiger partial charge < -0.3 is 19.9 Å². The van der Waals surface area contributed by atoms with E-state index in [2.05, 4.69) is 10.3 Å². The van der Waals surface area contributed by atoms with Crippen LogP contribution in [0.25, 0.3) is 10.9 Å². The Labute approximate surface area is 139 Å². The van der Waals surface area contributed by atoms with Crippen LogP contribution in [0, 0.1) is 13.8 Å². The first-order chi connectivity index (χ1) is 11.5. The Balaban J connectivity index is 1.55. The lowest BCUT2D eigenvalue weighted by Gasteiger charge is -2.17. The molecule has 0 radical (unpaired) electrons. The number of nitrogens with zero attached hydrogens (tertiary/aromatic N) is 1. The average Bonchev–Trinajstić information content (AvgIpc) is 3.10. The quantitative estimate of drug-likeness (QED) is 0.863. The fourth-order valence-corrected chi connectivity index (χ4v) is 3.57. The van der Waals surface area contributed by atoms with Crippen molar-refractivity contribution < 1.29 is 19.4 Å². The molecule has 2 N–H and O–H groups in total. The lowest BCUT2D eigenvalue weighted by molar-refractivity contribution is 0.0178. The summed E-state index contributed by atoms with van der Waals surface area (Å²) in [5.74, 6) is -0.183. The van der Waals surface area contributed by atoms with Crippen molar-refractivity contribution in [3.05, 3.63) is 41.1 Å². The third kappa shape index (κ3) is 2.56. The lowest BCUT2D eigenvalue weighted by Crippen LogP contribution is -2.44. The van der Waals surface area contributed by atoms with E-state index in [0.717, 1.165) is 22.2 Å². The number of nitrogens with one attached hydrogen (secondary N) is 1. The molecule has 2 fully saturated rings. The normalized spacial score (nSPS) is 29.0. The van der Waals surface area contributed by atoms with Gasteiger partial charge in [0, 0.05) is 16.6 Å². The molecule has 6 heteroatoms. The van der Waals surface area contributed by atoms with Gasteiger partial charge in [-0.1, -0.05) is 6.07 Å². The van der Waals surface area contributed by atoms with Crippen molar-refractivity contribution in [3.63, 3.8) is 0 Å². The minimum Gasteiger partial charge on any atom is -0.388 e. The summed E-state index contributed by atoms with van der Waals surface area (Å²) >= 11 is 0. The van der Waals surface area contributed by atoms with Crippen LogP contribution in [0.1, 0.15) is 21.6 Å². The van der Waals surface area contributed by atoms with E-state index < -0.39 is 6.10 Å². The van der Waals surface area contributed by atoms with Gasteiger partial charge in [0.1, 0.15) is 18.3 Å². The van der Waals surface area contributed by atoms with Gasteiger partial charge in [-0.25, -0.2) is 0 Å². The van der Waals surface area contributed by atoms with Gasteiger partial charge >= 0.3 is 0 Å². The predicted molar refractivity (Wildman–Crippen MR) is 88.0 cm³/mol. The number of aromatic nitrogens is 1. The molecule has 0 bridgehead atoms. The Bertz CT molecular complexity index is 807. The van der Waals surface area contributed by atoms with Crippen molar-refractivity contribution in [2.75, 3.05) is 13.2 Å². The molecule has 2 aromatic rings. The number of hydrogen-bond donors (Lipinski definition) is 2. The lowest BCUT2D eigenvalue weighted by atomic mass is 10.0. The summed E-state index contributed by atoms with van der Waals surface area (Å²) < 4.78 is 11.1. The minimum atomic E-state index is -0.618. The van der Waals surface area contributed by atoms with Crippen LogP contribution in [0.15, 0.2) is 24.3 Å². The molecule has 0 spiro atoms. The molecule has 1 aromatic heterocycles. The molecule has 2 aliphatic heterocycles. The number of aryl methyl sites for hydroxylation is 2. The highest BCUT2D eigenvalue weighted by Gasteiger charge is 2.47. The highest BCUT2D eigenvalue weighted by atomic mass is 16.6. The van der Waals surface area contributed by atoms with Gasteiger partial charge in [0.2, 0.25) is 0 Å². The van der Waals surface area contributed by atoms with Gasteiger partial charge in [0.05, 0.1) is 24.8 Å². The fraction of sp³-hybridized carbons (Fsp3) is 0.444. The second-order valence-electron chi connectivity index (χ2n) is 6.56. The molecule has 4 rings (SSSR count). The molecule has 0 unspecified atom stereocenters. The number of rotatable bonds is 2. The summed E-state index contributed by atoms with van der Waals surface area (Å²) in [6.45, 7) is 4.58. The topological polar surface area (TPSA) is 80.7 Å². The first-order valence-electron chi connectivity index (χ1n) is 8.13. The van der Waals surface area contributed by atoms with Gasteiger partial charge in [-0.05, 0) is 37.6 Å². The molecule has 6 nitrogen and oxygen atoms in total. The molecule has 2 saturated heterocycles. The Morgan fingerprint density at radius 3 is 2.83 bits per heavy atom. The third-order valence-electron chi connectivity index (χ3n) is 4.75. The Morgan fingerprint density at radius 1 is 1.21 bits per heavy atom. The van der Waals surface area contributed by atoms with Crippen LogP contribution >= 0.6 is 0 Å². The number of aliphatic hydroxyl groups is 1. The summed E-state index contributed by atoms with van der Waals surface area (Å²) in [5.41, 5.74) is 3.44. The van der Waals surface area contributed by atoms with Crippen LogP contribution < -0.4 is 5.32 Å². The molecular weight excluding hydrogens is 308 g/mol. The zero-order valence-corrected chi connectivity index (χ0v) is 13.7. The maximum atomic E-state index is 12.6. The molecule has 24 heavy (non-hydrogen) atoms. The fourth-order valence-electron chi connectivity index (χ4n) is 3.57. The van der Waals surface area contributed by atoms with Gasteiger partial charge in [-0.3, -0.25) is 9.78 Å². The summed E-state index contributed by atoms with van der Waals surface area (Å²) in [6, 6.07) is 7.32. The number of pyridine rings is 1. The Hall–Kier alpha value is -2.02. The summed E-state index contributed by atoms with van der Waals surface area (Å²) in [6.07, 6.45) is -1.25. The van der Waals surface area contributed by atoms with Gasteiger partial charge in [0.25, 0.3) is 5.91 Å². The van der Waals surface area contributed by atoms with Crippen LogP contribution in [0.3, 0.4) is 0 Å². The smallest absolute Gasteiger partial charge is 0.251 e. The molecule has 3 heterocycles. The van der Waals surface area contributed by atoms with E-state index in [4.69, 9.17) is 9.47 Å². The molecule has 0 saturated carbocycles. The van der Waals surface area contributed by atoms with E-state index in [1.54, 1.807) is 6.07 Å². The zero-order valence-electron chi connectivity index (χ0n) is 13.7. The van der Waals surface area contributed by atoms with Crippen LogP contribution in [0.2, 0.25) is 0 Å². The number of ether oxygens (including phenoxy) is 2. The van der Waals surface area contributed by atoms with Crippen molar-refractivity contribution >= 4 is 16.8 Å². The van der Waals surface area contributed by atoms with Gasteiger partial charge in [-0.15, -0.1) is 0 Å². The van der Waals surface area contributed by atoms with E-state index in [1.807, 2.05) is 32.0 Å². The van der Waals surface area contributed by atoms with Crippen molar-refractivity contribution in [2.45, 2.75) is 38.2 Å². The van der Waals surface area contributed by atoms with Crippen molar-refractivity contribution in [3.8, 4) is 0 Å². The van der Waals surface area contributed by atoms with Crippen molar-refractivity contribution in [1.82, 2.24) is 10.3 Å². The summed E-state index contributed by atoms with van der Waals surface area (Å²) in [4.78, 5) is 17.1. The second kappa shape index (κ2) is 5.81. The monoisotopic (exact) mass is 328 g/mol.